The lowest BCUT2D eigenvalue weighted by molar-refractivity contribution is -0.129. The van der Waals surface area contributed by atoms with Crippen LogP contribution in [0.3, 0.4) is 0 Å². The highest BCUT2D eigenvalue weighted by atomic mass is 16.4. The van der Waals surface area contributed by atoms with Crippen LogP contribution in [0, 0.1) is 23.2 Å². The van der Waals surface area contributed by atoms with Crippen LogP contribution in [-0.2, 0) is 4.79 Å². The predicted octanol–water partition coefficient (Wildman–Crippen LogP) is 2.31. The molecule has 0 amide bonds. The van der Waals surface area contributed by atoms with Crippen LogP contribution in [0.25, 0.3) is 0 Å². The molecule has 1 saturated carbocycles. The number of hydrogen-bond acceptors (Lipinski definition) is 3. The van der Waals surface area contributed by atoms with E-state index in [-0.39, 0.29) is 24.2 Å². The number of carboxylic acids is 1. The zero-order chi connectivity index (χ0) is 12.8. The second-order valence-electron chi connectivity index (χ2n) is 5.13. The molecule has 1 aliphatic carbocycles. The van der Waals surface area contributed by atoms with Gasteiger partial charge in [0.25, 0.3) is 0 Å². The first-order chi connectivity index (χ1) is 8.08. The Hall–Kier alpha value is -0.900. The molecule has 3 N–H and O–H groups in total. The average Bonchev–Trinajstić information content (AvgIpc) is 3.11. The predicted molar refractivity (Wildman–Crippen MR) is 66.3 cm³/mol. The quantitative estimate of drug-likeness (QED) is 0.542. The Kier molecular flexibility index (Phi) is 5.62. The van der Waals surface area contributed by atoms with Crippen molar-refractivity contribution < 1.29 is 15.0 Å². The number of nitrogens with one attached hydrogen (secondary N) is 1. The van der Waals surface area contributed by atoms with Gasteiger partial charge in [-0.3, -0.25) is 5.41 Å². The Morgan fingerprint density at radius 3 is 2.47 bits per heavy atom. The standard InChI is InChI=1S/C13H23NO3/c1-2-9(8-15)5-6-11(7-10-3-4-10)12(14)13(16)17/h9-11,14-15H,2-8H2,1H3,(H,16,17). The number of rotatable bonds is 9. The molecule has 0 aromatic carbocycles. The van der Waals surface area contributed by atoms with E-state index in [1.165, 1.54) is 12.8 Å². The number of aliphatic hydroxyl groups is 1. The van der Waals surface area contributed by atoms with E-state index >= 15 is 0 Å². The fourth-order valence-electron chi connectivity index (χ4n) is 2.17. The van der Waals surface area contributed by atoms with Crippen LogP contribution in [0.15, 0.2) is 0 Å². The van der Waals surface area contributed by atoms with Crippen molar-refractivity contribution in [1.29, 1.82) is 5.41 Å². The number of aliphatic carboxylic acids is 1. The van der Waals surface area contributed by atoms with Crippen LogP contribution in [0.5, 0.6) is 0 Å². The van der Waals surface area contributed by atoms with E-state index in [0.29, 0.717) is 5.92 Å². The molecule has 17 heavy (non-hydrogen) atoms. The van der Waals surface area contributed by atoms with Gasteiger partial charge in [0.15, 0.2) is 0 Å². The smallest absolute Gasteiger partial charge is 0.349 e. The molecule has 4 heteroatoms. The van der Waals surface area contributed by atoms with Crippen LogP contribution in [0.2, 0.25) is 0 Å². The van der Waals surface area contributed by atoms with Gasteiger partial charge in [0.1, 0.15) is 5.71 Å². The van der Waals surface area contributed by atoms with Gasteiger partial charge in [0, 0.05) is 12.5 Å². The minimum atomic E-state index is -1.09. The molecule has 98 valence electrons. The van der Waals surface area contributed by atoms with E-state index in [1.807, 2.05) is 6.92 Å². The Bertz CT molecular complexity index is 270. The molecule has 1 aliphatic rings. The molecular formula is C13H23NO3. The molecule has 0 aromatic heterocycles. The largest absolute Gasteiger partial charge is 0.477 e. The van der Waals surface area contributed by atoms with Crippen molar-refractivity contribution in [2.45, 2.75) is 45.4 Å². The summed E-state index contributed by atoms with van der Waals surface area (Å²) < 4.78 is 0. The zero-order valence-corrected chi connectivity index (χ0v) is 10.5. The van der Waals surface area contributed by atoms with Crippen LogP contribution >= 0.6 is 0 Å². The molecule has 1 fully saturated rings. The van der Waals surface area contributed by atoms with Crippen molar-refractivity contribution in [2.75, 3.05) is 6.61 Å². The third-order valence-corrected chi connectivity index (χ3v) is 3.71. The van der Waals surface area contributed by atoms with Crippen molar-refractivity contribution in [3.63, 3.8) is 0 Å². The van der Waals surface area contributed by atoms with Crippen LogP contribution in [0.4, 0.5) is 0 Å². The lowest BCUT2D eigenvalue weighted by Gasteiger charge is -2.18. The summed E-state index contributed by atoms with van der Waals surface area (Å²) in [5.74, 6) is -0.333. The van der Waals surface area contributed by atoms with Gasteiger partial charge in [-0.05, 0) is 31.1 Å². The van der Waals surface area contributed by atoms with E-state index in [9.17, 15) is 4.79 Å². The van der Waals surface area contributed by atoms with Gasteiger partial charge in [-0.15, -0.1) is 0 Å². The van der Waals surface area contributed by atoms with E-state index in [0.717, 1.165) is 25.7 Å². The lowest BCUT2D eigenvalue weighted by atomic mass is 9.88. The Morgan fingerprint density at radius 2 is 2.06 bits per heavy atom. The SMILES string of the molecule is CCC(CO)CCC(CC1CC1)C(=N)C(=O)O. The fourth-order valence-corrected chi connectivity index (χ4v) is 2.17. The van der Waals surface area contributed by atoms with Crippen LogP contribution < -0.4 is 0 Å². The topological polar surface area (TPSA) is 81.4 Å². The minimum absolute atomic E-state index is 0.124. The van der Waals surface area contributed by atoms with Gasteiger partial charge in [0.05, 0.1) is 0 Å². The first-order valence-electron chi connectivity index (χ1n) is 6.51. The molecule has 0 saturated heterocycles. The van der Waals surface area contributed by atoms with E-state index in [1.54, 1.807) is 0 Å². The number of carbonyl (C=O) groups is 1. The van der Waals surface area contributed by atoms with Gasteiger partial charge < -0.3 is 10.2 Å². The summed E-state index contributed by atoms with van der Waals surface area (Å²) in [7, 11) is 0. The molecule has 0 aliphatic heterocycles. The first kappa shape index (κ1) is 14.2. The monoisotopic (exact) mass is 241 g/mol. The van der Waals surface area contributed by atoms with Gasteiger partial charge in [-0.25, -0.2) is 4.79 Å². The van der Waals surface area contributed by atoms with Crippen LogP contribution in [-0.4, -0.2) is 28.5 Å². The summed E-state index contributed by atoms with van der Waals surface area (Å²) in [4.78, 5) is 10.9. The number of hydrogen-bond donors (Lipinski definition) is 3. The second-order valence-corrected chi connectivity index (χ2v) is 5.13. The Labute approximate surface area is 103 Å². The Morgan fingerprint density at radius 1 is 1.41 bits per heavy atom. The number of aliphatic hydroxyl groups excluding tert-OH is 1. The van der Waals surface area contributed by atoms with E-state index in [4.69, 9.17) is 15.6 Å². The maximum atomic E-state index is 10.9. The second kappa shape index (κ2) is 6.74. The summed E-state index contributed by atoms with van der Waals surface area (Å²) in [6.45, 7) is 2.19. The zero-order valence-electron chi connectivity index (χ0n) is 10.5. The van der Waals surface area contributed by atoms with Crippen molar-refractivity contribution in [1.82, 2.24) is 0 Å². The first-order valence-corrected chi connectivity index (χ1v) is 6.51. The van der Waals surface area contributed by atoms with Gasteiger partial charge in [-0.1, -0.05) is 26.2 Å². The molecule has 2 unspecified atom stereocenters. The molecule has 1 rings (SSSR count). The van der Waals surface area contributed by atoms with Gasteiger partial charge in [0.2, 0.25) is 0 Å². The fraction of sp³-hybridized carbons (Fsp3) is 0.846. The molecule has 0 heterocycles. The third kappa shape index (κ3) is 4.86. The summed E-state index contributed by atoms with van der Waals surface area (Å²) >= 11 is 0. The van der Waals surface area contributed by atoms with Gasteiger partial charge in [-0.2, -0.15) is 0 Å². The summed E-state index contributed by atoms with van der Waals surface area (Å²) in [6.07, 6.45) is 5.65. The normalized spacial score (nSPS) is 18.7. The third-order valence-electron chi connectivity index (χ3n) is 3.71. The highest BCUT2D eigenvalue weighted by molar-refractivity contribution is 6.35. The molecule has 4 nitrogen and oxygen atoms in total. The lowest BCUT2D eigenvalue weighted by Crippen LogP contribution is -2.24. The highest BCUT2D eigenvalue weighted by Crippen LogP contribution is 2.37. The van der Waals surface area contributed by atoms with Crippen molar-refractivity contribution in [3.8, 4) is 0 Å². The molecular weight excluding hydrogens is 218 g/mol. The van der Waals surface area contributed by atoms with Gasteiger partial charge >= 0.3 is 5.97 Å². The van der Waals surface area contributed by atoms with Crippen molar-refractivity contribution >= 4 is 11.7 Å². The number of carboxylic acid groups (broad SMARTS) is 1. The van der Waals surface area contributed by atoms with Crippen LogP contribution in [0.1, 0.15) is 45.4 Å². The summed E-state index contributed by atoms with van der Waals surface area (Å²) in [5.41, 5.74) is -0.148. The maximum Gasteiger partial charge on any atom is 0.349 e. The molecule has 0 bridgehead atoms. The highest BCUT2D eigenvalue weighted by Gasteiger charge is 2.30. The van der Waals surface area contributed by atoms with E-state index < -0.39 is 5.97 Å². The molecule has 0 radical (unpaired) electrons. The van der Waals surface area contributed by atoms with Crippen molar-refractivity contribution in [3.05, 3.63) is 0 Å². The average molecular weight is 241 g/mol. The summed E-state index contributed by atoms with van der Waals surface area (Å²) in [6, 6.07) is 0. The molecule has 0 spiro atoms. The van der Waals surface area contributed by atoms with E-state index in [2.05, 4.69) is 0 Å². The molecule has 0 aromatic rings. The maximum absolute atomic E-state index is 10.9. The molecule has 2 atom stereocenters. The Balaban J connectivity index is 2.44. The van der Waals surface area contributed by atoms with Crippen molar-refractivity contribution in [2.24, 2.45) is 17.8 Å². The summed E-state index contributed by atoms with van der Waals surface area (Å²) in [5, 5.41) is 25.6. The minimum Gasteiger partial charge on any atom is -0.477 e.